The first-order valence-electron chi connectivity index (χ1n) is 7.71. The zero-order chi connectivity index (χ0) is 16.9. The van der Waals surface area contributed by atoms with Gasteiger partial charge in [0, 0.05) is 24.6 Å². The van der Waals surface area contributed by atoms with Gasteiger partial charge in [-0.05, 0) is 48.7 Å². The summed E-state index contributed by atoms with van der Waals surface area (Å²) < 4.78 is 0. The van der Waals surface area contributed by atoms with Gasteiger partial charge in [0.1, 0.15) is 12.0 Å². The highest BCUT2D eigenvalue weighted by Gasteiger charge is 2.08. The number of aryl methyl sites for hydroxylation is 2. The van der Waals surface area contributed by atoms with Crippen LogP contribution in [0.3, 0.4) is 0 Å². The molecule has 0 atom stereocenters. The van der Waals surface area contributed by atoms with E-state index in [-0.39, 0.29) is 0 Å². The summed E-state index contributed by atoms with van der Waals surface area (Å²) in [6, 6.07) is 10.0. The summed E-state index contributed by atoms with van der Waals surface area (Å²) >= 11 is 0. The van der Waals surface area contributed by atoms with Gasteiger partial charge in [-0.3, -0.25) is 4.98 Å². The van der Waals surface area contributed by atoms with Gasteiger partial charge in [-0.1, -0.05) is 12.1 Å². The van der Waals surface area contributed by atoms with Crippen LogP contribution in [0.25, 0.3) is 0 Å². The highest BCUT2D eigenvalue weighted by atomic mass is 15.1. The second-order valence-electron chi connectivity index (χ2n) is 5.62. The van der Waals surface area contributed by atoms with E-state index in [0.717, 1.165) is 11.3 Å². The van der Waals surface area contributed by atoms with Gasteiger partial charge in [0.15, 0.2) is 11.6 Å². The summed E-state index contributed by atoms with van der Waals surface area (Å²) in [5, 5.41) is 6.47. The summed E-state index contributed by atoms with van der Waals surface area (Å²) in [5.41, 5.74) is 11.1. The number of hydrogen-bond donors (Lipinski definition) is 3. The van der Waals surface area contributed by atoms with Crippen LogP contribution >= 0.6 is 0 Å². The summed E-state index contributed by atoms with van der Waals surface area (Å²) in [6.07, 6.45) is 5.04. The summed E-state index contributed by atoms with van der Waals surface area (Å²) in [7, 11) is 0. The van der Waals surface area contributed by atoms with Crippen LogP contribution in [-0.4, -0.2) is 15.0 Å². The average Bonchev–Trinajstić information content (AvgIpc) is 2.60. The first-order valence-corrected chi connectivity index (χ1v) is 7.71. The molecule has 122 valence electrons. The third-order valence-corrected chi connectivity index (χ3v) is 3.84. The molecule has 6 heteroatoms. The Balaban J connectivity index is 1.76. The Hall–Kier alpha value is -3.15. The Kier molecular flexibility index (Phi) is 4.56. The van der Waals surface area contributed by atoms with E-state index in [4.69, 9.17) is 5.73 Å². The zero-order valence-electron chi connectivity index (χ0n) is 13.7. The predicted octanol–water partition coefficient (Wildman–Crippen LogP) is 3.43. The van der Waals surface area contributed by atoms with Gasteiger partial charge < -0.3 is 16.4 Å². The Morgan fingerprint density at radius 3 is 2.62 bits per heavy atom. The number of anilines is 4. The lowest BCUT2D eigenvalue weighted by Crippen LogP contribution is -2.08. The first-order chi connectivity index (χ1) is 11.6. The molecule has 0 fully saturated rings. The highest BCUT2D eigenvalue weighted by molar-refractivity contribution is 5.77. The van der Waals surface area contributed by atoms with E-state index in [9.17, 15) is 0 Å². The molecule has 0 amide bonds. The summed E-state index contributed by atoms with van der Waals surface area (Å²) in [5.74, 6) is 1.18. The molecule has 0 bridgehead atoms. The van der Waals surface area contributed by atoms with Gasteiger partial charge in [0.25, 0.3) is 0 Å². The Labute approximate surface area is 141 Å². The fourth-order valence-corrected chi connectivity index (χ4v) is 2.28. The number of nitrogens with one attached hydrogen (secondary N) is 2. The van der Waals surface area contributed by atoms with Gasteiger partial charge in [-0.25, -0.2) is 9.97 Å². The lowest BCUT2D eigenvalue weighted by molar-refractivity contribution is 1.07. The van der Waals surface area contributed by atoms with Crippen LogP contribution in [0.5, 0.6) is 0 Å². The normalized spacial score (nSPS) is 10.4. The molecule has 0 aliphatic rings. The third-order valence-electron chi connectivity index (χ3n) is 3.84. The minimum absolute atomic E-state index is 0.486. The zero-order valence-corrected chi connectivity index (χ0v) is 13.7. The molecule has 3 rings (SSSR count). The van der Waals surface area contributed by atoms with Crippen molar-refractivity contribution in [1.82, 2.24) is 15.0 Å². The van der Waals surface area contributed by atoms with E-state index in [1.54, 1.807) is 12.4 Å². The molecule has 0 aliphatic heterocycles. The number of rotatable bonds is 5. The van der Waals surface area contributed by atoms with Gasteiger partial charge in [-0.2, -0.15) is 0 Å². The minimum atomic E-state index is 0.486. The van der Waals surface area contributed by atoms with Crippen molar-refractivity contribution in [2.75, 3.05) is 16.4 Å². The fourth-order valence-electron chi connectivity index (χ4n) is 2.28. The van der Waals surface area contributed by atoms with Gasteiger partial charge in [0.2, 0.25) is 0 Å². The van der Waals surface area contributed by atoms with Crippen molar-refractivity contribution < 1.29 is 0 Å². The molecule has 3 aromatic rings. The maximum absolute atomic E-state index is 6.20. The van der Waals surface area contributed by atoms with Crippen LogP contribution in [0.4, 0.5) is 23.0 Å². The third kappa shape index (κ3) is 3.60. The molecule has 0 spiro atoms. The second kappa shape index (κ2) is 6.95. The standard InChI is InChI=1S/C18H20N6/c1-12-5-6-15(8-13(12)2)24-18-16(19)17(22-11-23-18)21-10-14-4-3-7-20-9-14/h3-9,11H,10,19H2,1-2H3,(H2,21,22,23,24). The number of nitrogens with two attached hydrogens (primary N) is 1. The smallest absolute Gasteiger partial charge is 0.159 e. The van der Waals surface area contributed by atoms with E-state index in [2.05, 4.69) is 51.6 Å². The van der Waals surface area contributed by atoms with Crippen molar-refractivity contribution >= 4 is 23.0 Å². The number of nitrogens with zero attached hydrogens (tertiary/aromatic N) is 3. The van der Waals surface area contributed by atoms with Crippen molar-refractivity contribution in [2.45, 2.75) is 20.4 Å². The van der Waals surface area contributed by atoms with E-state index >= 15 is 0 Å². The van der Waals surface area contributed by atoms with Crippen LogP contribution < -0.4 is 16.4 Å². The van der Waals surface area contributed by atoms with Crippen molar-refractivity contribution in [3.63, 3.8) is 0 Å². The first kappa shape index (κ1) is 15.7. The second-order valence-corrected chi connectivity index (χ2v) is 5.62. The molecule has 0 saturated heterocycles. The van der Waals surface area contributed by atoms with Gasteiger partial charge in [0.05, 0.1) is 0 Å². The van der Waals surface area contributed by atoms with Crippen LogP contribution in [0.15, 0.2) is 49.1 Å². The van der Waals surface area contributed by atoms with Crippen molar-refractivity contribution in [2.24, 2.45) is 0 Å². The van der Waals surface area contributed by atoms with Gasteiger partial charge >= 0.3 is 0 Å². The Morgan fingerprint density at radius 1 is 1.04 bits per heavy atom. The fraction of sp³-hybridized carbons (Fsp3) is 0.167. The van der Waals surface area contributed by atoms with E-state index in [0.29, 0.717) is 23.9 Å². The van der Waals surface area contributed by atoms with Crippen LogP contribution in [0, 0.1) is 13.8 Å². The van der Waals surface area contributed by atoms with Crippen LogP contribution in [-0.2, 0) is 6.54 Å². The minimum Gasteiger partial charge on any atom is -0.393 e. The molecule has 6 nitrogen and oxygen atoms in total. The number of aromatic nitrogens is 3. The summed E-state index contributed by atoms with van der Waals surface area (Å²) in [4.78, 5) is 12.6. The molecule has 4 N–H and O–H groups in total. The SMILES string of the molecule is Cc1ccc(Nc2ncnc(NCc3cccnc3)c2N)cc1C. The lowest BCUT2D eigenvalue weighted by Gasteiger charge is -2.13. The number of hydrogen-bond acceptors (Lipinski definition) is 6. The molecule has 0 aliphatic carbocycles. The molecule has 2 aromatic heterocycles. The monoisotopic (exact) mass is 320 g/mol. The maximum Gasteiger partial charge on any atom is 0.159 e. The number of benzene rings is 1. The Morgan fingerprint density at radius 2 is 1.88 bits per heavy atom. The number of nitrogen functional groups attached to an aromatic ring is 1. The van der Waals surface area contributed by atoms with Crippen molar-refractivity contribution in [3.05, 3.63) is 65.7 Å². The average molecular weight is 320 g/mol. The largest absolute Gasteiger partial charge is 0.393 e. The maximum atomic E-state index is 6.20. The van der Waals surface area contributed by atoms with E-state index in [1.807, 2.05) is 18.2 Å². The lowest BCUT2D eigenvalue weighted by atomic mass is 10.1. The Bertz CT molecular complexity index is 832. The predicted molar refractivity (Wildman–Crippen MR) is 97.2 cm³/mol. The van der Waals surface area contributed by atoms with Crippen LogP contribution in [0.2, 0.25) is 0 Å². The summed E-state index contributed by atoms with van der Waals surface area (Å²) in [6.45, 7) is 4.75. The molecule has 0 unspecified atom stereocenters. The van der Waals surface area contributed by atoms with Gasteiger partial charge in [-0.15, -0.1) is 0 Å². The molecule has 24 heavy (non-hydrogen) atoms. The molecule has 2 heterocycles. The van der Waals surface area contributed by atoms with E-state index < -0.39 is 0 Å². The molecular formula is C18H20N6. The van der Waals surface area contributed by atoms with E-state index in [1.165, 1.54) is 17.5 Å². The highest BCUT2D eigenvalue weighted by Crippen LogP contribution is 2.26. The quantitative estimate of drug-likeness (QED) is 0.667. The molecule has 0 saturated carbocycles. The number of pyridine rings is 1. The van der Waals surface area contributed by atoms with Crippen molar-refractivity contribution in [1.29, 1.82) is 0 Å². The van der Waals surface area contributed by atoms with Crippen molar-refractivity contribution in [3.8, 4) is 0 Å². The molecular weight excluding hydrogens is 300 g/mol. The topological polar surface area (TPSA) is 88.8 Å². The molecule has 0 radical (unpaired) electrons. The molecule has 1 aromatic carbocycles. The van der Waals surface area contributed by atoms with Crippen LogP contribution in [0.1, 0.15) is 16.7 Å².